The average Bonchev–Trinajstić information content (AvgIpc) is 2.59. The SMILES string of the molecule is CNCCOc1nccn2nc(C)cc12. The molecule has 0 amide bonds. The zero-order valence-electron chi connectivity index (χ0n) is 8.90. The van der Waals surface area contributed by atoms with E-state index in [1.165, 1.54) is 0 Å². The molecule has 2 aromatic heterocycles. The van der Waals surface area contributed by atoms with Crippen LogP contribution in [-0.2, 0) is 0 Å². The predicted octanol–water partition coefficient (Wildman–Crippen LogP) is 0.636. The van der Waals surface area contributed by atoms with Gasteiger partial charge in [0.2, 0.25) is 5.88 Å². The van der Waals surface area contributed by atoms with Crippen LogP contribution >= 0.6 is 0 Å². The molecule has 5 nitrogen and oxygen atoms in total. The molecule has 2 heterocycles. The van der Waals surface area contributed by atoms with E-state index in [4.69, 9.17) is 4.74 Å². The number of nitrogens with zero attached hydrogens (tertiary/aromatic N) is 3. The fraction of sp³-hybridized carbons (Fsp3) is 0.400. The lowest BCUT2D eigenvalue weighted by molar-refractivity contribution is 0.309. The molecule has 0 radical (unpaired) electrons. The molecule has 5 heteroatoms. The van der Waals surface area contributed by atoms with Crippen molar-refractivity contribution >= 4 is 5.52 Å². The topological polar surface area (TPSA) is 51.5 Å². The van der Waals surface area contributed by atoms with E-state index in [1.807, 2.05) is 26.2 Å². The van der Waals surface area contributed by atoms with Crippen LogP contribution in [0.2, 0.25) is 0 Å². The summed E-state index contributed by atoms with van der Waals surface area (Å²) >= 11 is 0. The molecule has 0 bridgehead atoms. The molecule has 0 spiro atoms. The number of hydrogen-bond acceptors (Lipinski definition) is 4. The van der Waals surface area contributed by atoms with Gasteiger partial charge in [0.15, 0.2) is 0 Å². The van der Waals surface area contributed by atoms with Crippen molar-refractivity contribution in [1.29, 1.82) is 0 Å². The highest BCUT2D eigenvalue weighted by atomic mass is 16.5. The minimum absolute atomic E-state index is 0.605. The fourth-order valence-corrected chi connectivity index (χ4v) is 1.38. The van der Waals surface area contributed by atoms with Crippen LogP contribution in [0.4, 0.5) is 0 Å². The molecule has 2 aromatic rings. The number of likely N-dealkylation sites (N-methyl/N-ethyl adjacent to an activating group) is 1. The quantitative estimate of drug-likeness (QED) is 0.746. The molecule has 0 fully saturated rings. The zero-order valence-corrected chi connectivity index (χ0v) is 8.90. The second-order valence-corrected chi connectivity index (χ2v) is 3.30. The van der Waals surface area contributed by atoms with Crippen molar-refractivity contribution in [3.63, 3.8) is 0 Å². The minimum atomic E-state index is 0.605. The monoisotopic (exact) mass is 206 g/mol. The Morgan fingerprint density at radius 1 is 1.53 bits per heavy atom. The average molecular weight is 206 g/mol. The molecule has 1 N–H and O–H groups in total. The molecule has 0 atom stereocenters. The summed E-state index contributed by atoms with van der Waals surface area (Å²) in [7, 11) is 1.89. The summed E-state index contributed by atoms with van der Waals surface area (Å²) in [5.41, 5.74) is 1.87. The standard InChI is InChI=1S/C10H14N4O/c1-8-7-9-10(15-6-4-11-2)12-3-5-14(9)13-8/h3,5,7,11H,4,6H2,1-2H3. The van der Waals surface area contributed by atoms with Gasteiger partial charge in [-0.05, 0) is 20.0 Å². The highest BCUT2D eigenvalue weighted by molar-refractivity contribution is 5.56. The fourth-order valence-electron chi connectivity index (χ4n) is 1.38. The van der Waals surface area contributed by atoms with Crippen LogP contribution in [0.5, 0.6) is 5.88 Å². The second-order valence-electron chi connectivity index (χ2n) is 3.30. The van der Waals surface area contributed by atoms with Gasteiger partial charge in [-0.1, -0.05) is 0 Å². The summed E-state index contributed by atoms with van der Waals surface area (Å²) in [5.74, 6) is 0.633. The Labute approximate surface area is 88.1 Å². The number of aryl methyl sites for hydroxylation is 1. The van der Waals surface area contributed by atoms with E-state index >= 15 is 0 Å². The Hall–Kier alpha value is -1.62. The number of fused-ring (bicyclic) bond motifs is 1. The summed E-state index contributed by atoms with van der Waals surface area (Å²) in [6, 6.07) is 1.96. The molecular formula is C10H14N4O. The lowest BCUT2D eigenvalue weighted by Crippen LogP contribution is -2.16. The lowest BCUT2D eigenvalue weighted by atomic mass is 10.4. The lowest BCUT2D eigenvalue weighted by Gasteiger charge is -2.05. The van der Waals surface area contributed by atoms with E-state index in [9.17, 15) is 0 Å². The molecule has 0 unspecified atom stereocenters. The highest BCUT2D eigenvalue weighted by Gasteiger charge is 2.05. The third-order valence-corrected chi connectivity index (χ3v) is 2.07. The van der Waals surface area contributed by atoms with Crippen molar-refractivity contribution in [2.75, 3.05) is 20.2 Å². The van der Waals surface area contributed by atoms with E-state index < -0.39 is 0 Å². The van der Waals surface area contributed by atoms with Crippen molar-refractivity contribution in [3.8, 4) is 5.88 Å². The van der Waals surface area contributed by atoms with Gasteiger partial charge in [-0.25, -0.2) is 9.50 Å². The molecule has 0 aliphatic rings. The van der Waals surface area contributed by atoms with Gasteiger partial charge in [0, 0.05) is 18.9 Å². The maximum Gasteiger partial charge on any atom is 0.240 e. The molecule has 2 rings (SSSR count). The van der Waals surface area contributed by atoms with Gasteiger partial charge in [-0.15, -0.1) is 0 Å². The first kappa shape index (κ1) is 9.92. The number of ether oxygens (including phenoxy) is 1. The van der Waals surface area contributed by atoms with Crippen molar-refractivity contribution < 1.29 is 4.74 Å². The Bertz CT molecular complexity index is 452. The maximum absolute atomic E-state index is 5.54. The summed E-state index contributed by atoms with van der Waals surface area (Å²) in [4.78, 5) is 4.18. The summed E-state index contributed by atoms with van der Waals surface area (Å²) in [5, 5.41) is 7.30. The van der Waals surface area contributed by atoms with Gasteiger partial charge >= 0.3 is 0 Å². The molecular weight excluding hydrogens is 192 g/mol. The van der Waals surface area contributed by atoms with Crippen LogP contribution in [0.1, 0.15) is 5.69 Å². The van der Waals surface area contributed by atoms with Gasteiger partial charge in [-0.2, -0.15) is 5.10 Å². The van der Waals surface area contributed by atoms with E-state index in [-0.39, 0.29) is 0 Å². The predicted molar refractivity (Wildman–Crippen MR) is 57.1 cm³/mol. The summed E-state index contributed by atoms with van der Waals surface area (Å²) in [6.45, 7) is 3.35. The van der Waals surface area contributed by atoms with Crippen LogP contribution in [0.15, 0.2) is 18.5 Å². The number of nitrogens with one attached hydrogen (secondary N) is 1. The molecule has 0 saturated heterocycles. The maximum atomic E-state index is 5.54. The van der Waals surface area contributed by atoms with Crippen LogP contribution in [-0.4, -0.2) is 34.8 Å². The van der Waals surface area contributed by atoms with Crippen molar-refractivity contribution in [2.45, 2.75) is 6.92 Å². The van der Waals surface area contributed by atoms with E-state index in [0.29, 0.717) is 12.5 Å². The van der Waals surface area contributed by atoms with E-state index in [2.05, 4.69) is 15.4 Å². The Morgan fingerprint density at radius 2 is 2.40 bits per heavy atom. The van der Waals surface area contributed by atoms with Crippen LogP contribution in [0, 0.1) is 6.92 Å². The normalized spacial score (nSPS) is 10.8. The highest BCUT2D eigenvalue weighted by Crippen LogP contribution is 2.16. The molecule has 0 aliphatic carbocycles. The van der Waals surface area contributed by atoms with Crippen molar-refractivity contribution in [3.05, 3.63) is 24.2 Å². The van der Waals surface area contributed by atoms with Gasteiger partial charge < -0.3 is 10.1 Å². The first-order valence-electron chi connectivity index (χ1n) is 4.89. The third kappa shape index (κ3) is 2.07. The first-order chi connectivity index (χ1) is 7.31. The smallest absolute Gasteiger partial charge is 0.240 e. The van der Waals surface area contributed by atoms with Crippen LogP contribution in [0.3, 0.4) is 0 Å². The van der Waals surface area contributed by atoms with Gasteiger partial charge in [-0.3, -0.25) is 0 Å². The molecule has 15 heavy (non-hydrogen) atoms. The van der Waals surface area contributed by atoms with E-state index in [0.717, 1.165) is 17.8 Å². The third-order valence-electron chi connectivity index (χ3n) is 2.07. The van der Waals surface area contributed by atoms with Crippen molar-refractivity contribution in [1.82, 2.24) is 19.9 Å². The molecule has 80 valence electrons. The molecule has 0 aromatic carbocycles. The second kappa shape index (κ2) is 4.27. The van der Waals surface area contributed by atoms with Gasteiger partial charge in [0.1, 0.15) is 12.1 Å². The largest absolute Gasteiger partial charge is 0.475 e. The first-order valence-corrected chi connectivity index (χ1v) is 4.89. The minimum Gasteiger partial charge on any atom is -0.475 e. The Balaban J connectivity index is 2.25. The van der Waals surface area contributed by atoms with Gasteiger partial charge in [0.05, 0.1) is 5.69 Å². The molecule has 0 aliphatic heterocycles. The van der Waals surface area contributed by atoms with Crippen LogP contribution < -0.4 is 10.1 Å². The number of aromatic nitrogens is 3. The summed E-state index contributed by atoms with van der Waals surface area (Å²) < 4.78 is 7.31. The zero-order chi connectivity index (χ0) is 10.7. The Morgan fingerprint density at radius 3 is 3.20 bits per heavy atom. The van der Waals surface area contributed by atoms with E-state index in [1.54, 1.807) is 10.7 Å². The number of hydrogen-bond donors (Lipinski definition) is 1. The number of rotatable bonds is 4. The van der Waals surface area contributed by atoms with Crippen molar-refractivity contribution in [2.24, 2.45) is 0 Å². The molecule has 0 saturated carbocycles. The van der Waals surface area contributed by atoms with Crippen LogP contribution in [0.25, 0.3) is 5.52 Å². The Kier molecular flexibility index (Phi) is 2.82. The van der Waals surface area contributed by atoms with Gasteiger partial charge in [0.25, 0.3) is 0 Å². The summed E-state index contributed by atoms with van der Waals surface area (Å²) in [6.07, 6.45) is 3.50.